The molecule has 0 atom stereocenters. The Balaban J connectivity index is 1.53. The Morgan fingerprint density at radius 2 is 1.33 bits per heavy atom. The summed E-state index contributed by atoms with van der Waals surface area (Å²) in [7, 11) is 0. The van der Waals surface area contributed by atoms with Gasteiger partial charge < -0.3 is 5.11 Å². The van der Waals surface area contributed by atoms with Gasteiger partial charge in [-0.1, -0.05) is 79.8 Å². The molecule has 1 heterocycles. The van der Waals surface area contributed by atoms with E-state index in [1.807, 2.05) is 0 Å². The Morgan fingerprint density at radius 1 is 0.818 bits per heavy atom. The summed E-state index contributed by atoms with van der Waals surface area (Å²) >= 11 is 0. The van der Waals surface area contributed by atoms with E-state index >= 15 is 0 Å². The van der Waals surface area contributed by atoms with Crippen molar-refractivity contribution in [3.63, 3.8) is 0 Å². The topological polar surface area (TPSA) is 42.2 Å². The molecule has 0 unspecified atom stereocenters. The molecule has 0 spiro atoms. The molecule has 0 saturated carbocycles. The van der Waals surface area contributed by atoms with Crippen molar-refractivity contribution < 1.29 is 9.90 Å². The van der Waals surface area contributed by atoms with Crippen molar-refractivity contribution in [3.05, 3.63) is 103 Å². The lowest BCUT2D eigenvalue weighted by Crippen LogP contribution is -2.08. The molecule has 2 rings (SSSR count). The first kappa shape index (κ1) is 25.9. The number of aromatic hydroxyl groups is 1. The van der Waals surface area contributed by atoms with Crippen molar-refractivity contribution >= 4 is 16.8 Å². The molecule has 0 bridgehead atoms. The van der Waals surface area contributed by atoms with Crippen LogP contribution in [0.2, 0.25) is 0 Å². The molecule has 1 aromatic heterocycles. The summed E-state index contributed by atoms with van der Waals surface area (Å²) in [6, 6.07) is 7.96. The summed E-state index contributed by atoms with van der Waals surface area (Å²) in [6.45, 7) is 2.15. The van der Waals surface area contributed by atoms with Crippen LogP contribution >= 0.6 is 0 Å². The first-order chi connectivity index (χ1) is 16.2. The van der Waals surface area contributed by atoms with E-state index in [2.05, 4.69) is 85.9 Å². The fourth-order valence-corrected chi connectivity index (χ4v) is 3.23. The standard InChI is InChI=1S/C30H36NO2/c1-2-3-4-5-6-7-8-9-10-11-12-13-14-15-16-17-18-19-20-21-30(33)31-25-24-27-26-28(32)22-23-29(27)31/h3-4,6-7,9-10,12-13,15-16,18-19,22-23,25-26,32H,2,5,8,11,14,17,20-21H2,1H3/b4-3+,7-6+,10-9+,13-12+,16-15+,19-18+. The normalized spacial score (nSPS) is 12.9. The Labute approximate surface area is 198 Å². The smallest absolute Gasteiger partial charge is 0.231 e. The second-order valence-electron chi connectivity index (χ2n) is 7.69. The molecule has 0 aliphatic carbocycles. The molecule has 1 radical (unpaired) electrons. The number of nitrogens with zero attached hydrogens (tertiary/aromatic N) is 1. The first-order valence-electron chi connectivity index (χ1n) is 11.9. The van der Waals surface area contributed by atoms with E-state index in [0.717, 1.165) is 49.4 Å². The van der Waals surface area contributed by atoms with Crippen LogP contribution in [-0.4, -0.2) is 15.6 Å². The molecule has 0 aliphatic rings. The second kappa shape index (κ2) is 16.3. The van der Waals surface area contributed by atoms with Gasteiger partial charge in [-0.05, 0) is 63.1 Å². The number of hydrogen-bond donors (Lipinski definition) is 1. The van der Waals surface area contributed by atoms with Crippen LogP contribution < -0.4 is 0 Å². The minimum atomic E-state index is 0.0338. The van der Waals surface area contributed by atoms with Crippen LogP contribution in [-0.2, 0) is 0 Å². The molecule has 1 N–H and O–H groups in total. The molecule has 0 fully saturated rings. The number of allylic oxidation sites excluding steroid dienone is 12. The number of carbonyl (C=O) groups is 1. The molecule has 3 nitrogen and oxygen atoms in total. The zero-order chi connectivity index (χ0) is 23.6. The monoisotopic (exact) mass is 442 g/mol. The summed E-state index contributed by atoms with van der Waals surface area (Å²) in [5, 5.41) is 10.3. The third-order valence-electron chi connectivity index (χ3n) is 4.98. The van der Waals surface area contributed by atoms with Gasteiger partial charge >= 0.3 is 0 Å². The van der Waals surface area contributed by atoms with Gasteiger partial charge in [-0.3, -0.25) is 9.36 Å². The highest BCUT2D eigenvalue weighted by Crippen LogP contribution is 2.21. The number of aromatic nitrogens is 1. The zero-order valence-corrected chi connectivity index (χ0v) is 19.7. The number of rotatable bonds is 14. The third-order valence-corrected chi connectivity index (χ3v) is 4.98. The van der Waals surface area contributed by atoms with E-state index in [1.54, 1.807) is 29.0 Å². The number of phenols is 1. The number of hydrogen-bond acceptors (Lipinski definition) is 2. The maximum absolute atomic E-state index is 12.4. The lowest BCUT2D eigenvalue weighted by Gasteiger charge is -2.02. The van der Waals surface area contributed by atoms with Gasteiger partial charge in [0.05, 0.1) is 5.52 Å². The summed E-state index contributed by atoms with van der Waals surface area (Å²) < 4.78 is 1.60. The van der Waals surface area contributed by atoms with Crippen LogP contribution in [0.4, 0.5) is 0 Å². The molecule has 1 aromatic carbocycles. The van der Waals surface area contributed by atoms with Gasteiger partial charge in [0.1, 0.15) is 5.75 Å². The van der Waals surface area contributed by atoms with Gasteiger partial charge in [0.2, 0.25) is 5.91 Å². The van der Waals surface area contributed by atoms with Crippen LogP contribution in [0.3, 0.4) is 0 Å². The maximum Gasteiger partial charge on any atom is 0.231 e. The molecular weight excluding hydrogens is 406 g/mol. The number of fused-ring (bicyclic) bond motifs is 1. The van der Waals surface area contributed by atoms with E-state index < -0.39 is 0 Å². The minimum Gasteiger partial charge on any atom is -0.508 e. The van der Waals surface area contributed by atoms with Crippen molar-refractivity contribution in [2.24, 2.45) is 0 Å². The van der Waals surface area contributed by atoms with Gasteiger partial charge in [-0.2, -0.15) is 0 Å². The molecule has 33 heavy (non-hydrogen) atoms. The zero-order valence-electron chi connectivity index (χ0n) is 19.7. The molecular formula is C30H36NO2. The summed E-state index contributed by atoms with van der Waals surface area (Å²) in [5.41, 5.74) is 0.778. The third kappa shape index (κ3) is 10.7. The average molecular weight is 443 g/mol. The van der Waals surface area contributed by atoms with E-state index in [4.69, 9.17) is 0 Å². The first-order valence-corrected chi connectivity index (χ1v) is 11.9. The van der Waals surface area contributed by atoms with Crippen LogP contribution in [0.5, 0.6) is 5.75 Å². The number of phenolic OH excluding ortho intramolecular Hbond substituents is 1. The van der Waals surface area contributed by atoms with Crippen molar-refractivity contribution in [2.45, 2.75) is 58.3 Å². The average Bonchev–Trinajstić information content (AvgIpc) is 3.23. The van der Waals surface area contributed by atoms with Crippen LogP contribution in [0, 0.1) is 6.07 Å². The van der Waals surface area contributed by atoms with Crippen molar-refractivity contribution in [1.29, 1.82) is 0 Å². The highest BCUT2D eigenvalue weighted by molar-refractivity contribution is 5.92. The SMILES string of the molecule is CC/C=C/C/C=C/C/C=C/C/C=C/C/C=C/C/C=C/CCC(=O)n1c[c]c2cc(O)ccc21. The largest absolute Gasteiger partial charge is 0.508 e. The number of carbonyl (C=O) groups excluding carboxylic acids is 1. The van der Waals surface area contributed by atoms with E-state index in [-0.39, 0.29) is 11.7 Å². The Hall–Kier alpha value is -3.33. The van der Waals surface area contributed by atoms with E-state index in [0.29, 0.717) is 12.8 Å². The second-order valence-corrected chi connectivity index (χ2v) is 7.69. The van der Waals surface area contributed by atoms with Crippen LogP contribution in [0.1, 0.15) is 63.1 Å². The Morgan fingerprint density at radius 3 is 1.88 bits per heavy atom. The lowest BCUT2D eigenvalue weighted by molar-refractivity contribution is 0.0909. The molecule has 0 saturated heterocycles. The van der Waals surface area contributed by atoms with Crippen LogP contribution in [0.15, 0.2) is 97.3 Å². The van der Waals surface area contributed by atoms with Crippen LogP contribution in [0.25, 0.3) is 10.9 Å². The summed E-state index contributed by atoms with van der Waals surface area (Å²) in [4.78, 5) is 12.4. The van der Waals surface area contributed by atoms with Gasteiger partial charge in [0.15, 0.2) is 0 Å². The molecule has 3 heteroatoms. The summed E-state index contributed by atoms with van der Waals surface area (Å²) in [5.74, 6) is 0.216. The Kier molecular flexibility index (Phi) is 12.8. The molecule has 0 aliphatic heterocycles. The van der Waals surface area contributed by atoms with Crippen molar-refractivity contribution in [1.82, 2.24) is 4.57 Å². The van der Waals surface area contributed by atoms with Crippen molar-refractivity contribution in [3.8, 4) is 5.75 Å². The lowest BCUT2D eigenvalue weighted by atomic mass is 10.2. The van der Waals surface area contributed by atoms with E-state index in [1.165, 1.54) is 0 Å². The fourth-order valence-electron chi connectivity index (χ4n) is 3.23. The quantitative estimate of drug-likeness (QED) is 0.299. The minimum absolute atomic E-state index is 0.0338. The maximum atomic E-state index is 12.4. The highest BCUT2D eigenvalue weighted by Gasteiger charge is 2.08. The van der Waals surface area contributed by atoms with Gasteiger partial charge in [0, 0.05) is 24.1 Å². The van der Waals surface area contributed by atoms with Gasteiger partial charge in [-0.25, -0.2) is 0 Å². The molecule has 2 aromatic rings. The number of benzene rings is 1. The summed E-state index contributed by atoms with van der Waals surface area (Å²) in [6.07, 6.45) is 34.8. The predicted octanol–water partition coefficient (Wildman–Crippen LogP) is 8.27. The predicted molar refractivity (Wildman–Crippen MR) is 141 cm³/mol. The van der Waals surface area contributed by atoms with Gasteiger partial charge in [0.25, 0.3) is 0 Å². The molecule has 0 amide bonds. The fraction of sp³-hybridized carbons (Fsp3) is 0.300. The molecule has 173 valence electrons. The highest BCUT2D eigenvalue weighted by atomic mass is 16.3. The van der Waals surface area contributed by atoms with Crippen molar-refractivity contribution in [2.75, 3.05) is 0 Å². The Bertz CT molecular complexity index is 1020. The van der Waals surface area contributed by atoms with E-state index in [9.17, 15) is 9.90 Å². The van der Waals surface area contributed by atoms with Gasteiger partial charge in [-0.15, -0.1) is 0 Å².